The van der Waals surface area contributed by atoms with E-state index in [4.69, 9.17) is 0 Å². The second-order valence-corrected chi connectivity index (χ2v) is 6.63. The van der Waals surface area contributed by atoms with E-state index in [2.05, 4.69) is 9.72 Å². The minimum Gasteiger partial charge on any atom is -0.472 e. The summed E-state index contributed by atoms with van der Waals surface area (Å²) in [5.74, 6) is -5.69. The van der Waals surface area contributed by atoms with E-state index < -0.39 is 41.9 Å². The zero-order valence-electron chi connectivity index (χ0n) is 15.8. The van der Waals surface area contributed by atoms with E-state index in [1.54, 1.807) is 0 Å². The molecular weight excluding hydrogens is 442 g/mol. The lowest BCUT2D eigenvalue weighted by molar-refractivity contribution is -0.290. The lowest BCUT2D eigenvalue weighted by Gasteiger charge is -2.20. The van der Waals surface area contributed by atoms with Gasteiger partial charge in [0, 0.05) is 18.9 Å². The fraction of sp³-hybridized carbons (Fsp3) is 0.333. The minimum atomic E-state index is -5.82. The first-order valence-electron chi connectivity index (χ1n) is 8.47. The number of halogens is 8. The van der Waals surface area contributed by atoms with E-state index in [0.717, 1.165) is 41.9 Å². The normalized spacial score (nSPS) is 13.1. The number of nitrogens with zero attached hydrogens (tertiary/aromatic N) is 3. The third-order valence-electron chi connectivity index (χ3n) is 4.51. The van der Waals surface area contributed by atoms with Crippen LogP contribution in [0.4, 0.5) is 35.1 Å². The number of ether oxygens (including phenoxy) is 1. The molecule has 0 bridgehead atoms. The number of imidazole rings is 1. The molecule has 0 radical (unpaired) electrons. The van der Waals surface area contributed by atoms with Gasteiger partial charge in [0.05, 0.1) is 16.8 Å². The number of alkyl halides is 8. The van der Waals surface area contributed by atoms with Gasteiger partial charge < -0.3 is 9.14 Å². The third-order valence-corrected chi connectivity index (χ3v) is 4.51. The lowest BCUT2D eigenvalue weighted by atomic mass is 10.1. The Labute approximate surface area is 168 Å². The highest BCUT2D eigenvalue weighted by atomic mass is 19.4. The van der Waals surface area contributed by atoms with Crippen molar-refractivity contribution in [2.24, 2.45) is 7.05 Å². The molecule has 168 valence electrons. The van der Waals surface area contributed by atoms with Gasteiger partial charge in [-0.1, -0.05) is 0 Å². The van der Waals surface area contributed by atoms with Gasteiger partial charge in [-0.2, -0.15) is 35.1 Å². The van der Waals surface area contributed by atoms with Crippen LogP contribution in [0.25, 0.3) is 16.9 Å². The molecule has 0 saturated carbocycles. The lowest BCUT2D eigenvalue weighted by Crippen LogP contribution is -2.42. The van der Waals surface area contributed by atoms with Crippen LogP contribution in [-0.2, 0) is 13.2 Å². The second-order valence-electron chi connectivity index (χ2n) is 6.63. The SMILES string of the molecule is Cc1c(-c2ccc(OCC(F)(F)C(F)(F)F)n(C)c2=O)nc2ccc(C(F)(F)F)cn12. The zero-order chi connectivity index (χ0) is 23.4. The van der Waals surface area contributed by atoms with Crippen molar-refractivity contribution in [2.75, 3.05) is 6.61 Å². The molecule has 3 aromatic rings. The Morgan fingerprint density at radius 3 is 2.23 bits per heavy atom. The molecule has 0 aliphatic rings. The Morgan fingerprint density at radius 1 is 1.00 bits per heavy atom. The van der Waals surface area contributed by atoms with Crippen molar-refractivity contribution in [3.8, 4) is 17.1 Å². The number of hydrogen-bond acceptors (Lipinski definition) is 3. The summed E-state index contributed by atoms with van der Waals surface area (Å²) in [6.45, 7) is -0.611. The van der Waals surface area contributed by atoms with Crippen LogP contribution in [-0.4, -0.2) is 32.7 Å². The van der Waals surface area contributed by atoms with Gasteiger partial charge >= 0.3 is 18.3 Å². The van der Waals surface area contributed by atoms with E-state index in [-0.39, 0.29) is 22.6 Å². The topological polar surface area (TPSA) is 48.5 Å². The quantitative estimate of drug-likeness (QED) is 0.541. The molecule has 5 nitrogen and oxygen atoms in total. The standard InChI is InChI=1S/C18H13F8N3O2/c1-9-14(27-12-5-3-10(7-29(9)12)17(21,22)23)11-4-6-13(28(2)15(11)30)31-8-16(19,20)18(24,25)26/h3-7H,8H2,1-2H3. The average molecular weight is 455 g/mol. The van der Waals surface area contributed by atoms with Crippen LogP contribution in [0.1, 0.15) is 11.3 Å². The monoisotopic (exact) mass is 455 g/mol. The molecule has 0 aliphatic heterocycles. The van der Waals surface area contributed by atoms with Crippen LogP contribution in [0, 0.1) is 6.92 Å². The summed E-state index contributed by atoms with van der Waals surface area (Å²) in [4.78, 5) is 16.7. The highest BCUT2D eigenvalue weighted by Gasteiger charge is 2.58. The van der Waals surface area contributed by atoms with E-state index in [1.807, 2.05) is 0 Å². The van der Waals surface area contributed by atoms with E-state index >= 15 is 0 Å². The van der Waals surface area contributed by atoms with Crippen LogP contribution >= 0.6 is 0 Å². The Hall–Kier alpha value is -3.12. The van der Waals surface area contributed by atoms with Crippen LogP contribution < -0.4 is 10.3 Å². The summed E-state index contributed by atoms with van der Waals surface area (Å²) in [5, 5.41) is 0. The molecule has 3 heterocycles. The maximum Gasteiger partial charge on any atom is 0.456 e. The van der Waals surface area contributed by atoms with Gasteiger partial charge in [0.2, 0.25) is 0 Å². The summed E-state index contributed by atoms with van der Waals surface area (Å²) in [7, 11) is 1.08. The molecule has 0 amide bonds. The van der Waals surface area contributed by atoms with Gasteiger partial charge in [0.25, 0.3) is 5.56 Å². The van der Waals surface area contributed by atoms with E-state index in [1.165, 1.54) is 6.92 Å². The molecule has 3 rings (SSSR count). The minimum absolute atomic E-state index is 0.0205. The van der Waals surface area contributed by atoms with Gasteiger partial charge in [-0.05, 0) is 31.2 Å². The van der Waals surface area contributed by atoms with Gasteiger partial charge in [0.1, 0.15) is 5.65 Å². The van der Waals surface area contributed by atoms with Crippen molar-refractivity contribution in [3.05, 3.63) is 52.1 Å². The number of hydrogen-bond donors (Lipinski definition) is 0. The number of pyridine rings is 2. The smallest absolute Gasteiger partial charge is 0.456 e. The zero-order valence-corrected chi connectivity index (χ0v) is 15.8. The molecule has 0 spiro atoms. The largest absolute Gasteiger partial charge is 0.472 e. The Bertz CT molecular complexity index is 1190. The number of aryl methyl sites for hydroxylation is 1. The van der Waals surface area contributed by atoms with E-state index in [0.29, 0.717) is 4.57 Å². The first-order chi connectivity index (χ1) is 14.1. The third kappa shape index (κ3) is 4.08. The predicted octanol–water partition coefficient (Wildman–Crippen LogP) is 4.60. The molecule has 0 fully saturated rings. The average Bonchev–Trinajstić information content (AvgIpc) is 2.97. The number of rotatable bonds is 4. The van der Waals surface area contributed by atoms with Crippen molar-refractivity contribution < 1.29 is 39.9 Å². The molecule has 0 aromatic carbocycles. The maximum absolute atomic E-state index is 13.1. The maximum atomic E-state index is 13.1. The van der Waals surface area contributed by atoms with Crippen LogP contribution in [0.3, 0.4) is 0 Å². The molecule has 31 heavy (non-hydrogen) atoms. The first-order valence-corrected chi connectivity index (χ1v) is 8.47. The van der Waals surface area contributed by atoms with Gasteiger partial charge in [-0.3, -0.25) is 9.36 Å². The summed E-state index contributed by atoms with van der Waals surface area (Å²) in [6.07, 6.45) is -9.62. The summed E-state index contributed by atoms with van der Waals surface area (Å²) < 4.78 is 108. The van der Waals surface area contributed by atoms with Crippen LogP contribution in [0.5, 0.6) is 5.88 Å². The molecule has 0 atom stereocenters. The first kappa shape index (κ1) is 22.6. The predicted molar refractivity (Wildman–Crippen MR) is 92.1 cm³/mol. The summed E-state index contributed by atoms with van der Waals surface area (Å²) >= 11 is 0. The summed E-state index contributed by atoms with van der Waals surface area (Å²) in [6, 6.07) is 4.01. The van der Waals surface area contributed by atoms with Gasteiger partial charge in [0.15, 0.2) is 12.5 Å². The molecular formula is C18H13F8N3O2. The fourth-order valence-electron chi connectivity index (χ4n) is 2.78. The fourth-order valence-corrected chi connectivity index (χ4v) is 2.78. The molecule has 13 heteroatoms. The van der Waals surface area contributed by atoms with Crippen molar-refractivity contribution in [2.45, 2.75) is 25.2 Å². The van der Waals surface area contributed by atoms with Crippen molar-refractivity contribution in [1.82, 2.24) is 14.0 Å². The Kier molecular flexibility index (Phi) is 5.27. The Balaban J connectivity index is 1.99. The number of fused-ring (bicyclic) bond motifs is 1. The van der Waals surface area contributed by atoms with Gasteiger partial charge in [-0.25, -0.2) is 4.98 Å². The highest BCUT2D eigenvalue weighted by Crippen LogP contribution is 2.36. The van der Waals surface area contributed by atoms with E-state index in [9.17, 15) is 39.9 Å². The van der Waals surface area contributed by atoms with Crippen molar-refractivity contribution >= 4 is 5.65 Å². The molecule has 0 N–H and O–H groups in total. The van der Waals surface area contributed by atoms with Crippen molar-refractivity contribution in [3.63, 3.8) is 0 Å². The second kappa shape index (κ2) is 7.24. The van der Waals surface area contributed by atoms with Crippen LogP contribution in [0.2, 0.25) is 0 Å². The molecule has 0 saturated heterocycles. The number of aromatic nitrogens is 3. The highest BCUT2D eigenvalue weighted by molar-refractivity contribution is 5.66. The molecule has 0 unspecified atom stereocenters. The van der Waals surface area contributed by atoms with Crippen LogP contribution in [0.15, 0.2) is 35.3 Å². The Morgan fingerprint density at radius 2 is 1.65 bits per heavy atom. The van der Waals surface area contributed by atoms with Gasteiger partial charge in [-0.15, -0.1) is 0 Å². The molecule has 0 aliphatic carbocycles. The van der Waals surface area contributed by atoms with Crippen molar-refractivity contribution in [1.29, 1.82) is 0 Å². The molecule has 3 aromatic heterocycles. The summed E-state index contributed by atoms with van der Waals surface area (Å²) in [5.41, 5.74) is -1.56.